The molecule has 1 aliphatic carbocycles. The average Bonchev–Trinajstić information content (AvgIpc) is 2.46. The molecule has 1 saturated heterocycles. The van der Waals surface area contributed by atoms with Gasteiger partial charge in [-0.3, -0.25) is 0 Å². The van der Waals surface area contributed by atoms with Crippen molar-refractivity contribution in [1.82, 2.24) is 0 Å². The molecule has 0 amide bonds. The van der Waals surface area contributed by atoms with Crippen LogP contribution in [0.3, 0.4) is 0 Å². The quantitative estimate of drug-likeness (QED) is 0.699. The molecule has 2 fully saturated rings. The third-order valence-electron chi connectivity index (χ3n) is 3.98. The standard InChI is InChI=1S/C13H24O2/c1-5-14-12-6-10-9(2)7-13(3,4)8-11(10)15-12/h9-12H,5-8H2,1-4H3/t9-,10-,11-,12+/m1/s1. The Kier molecular flexibility index (Phi) is 3.09. The van der Waals surface area contributed by atoms with E-state index in [1.54, 1.807) is 0 Å². The zero-order valence-corrected chi connectivity index (χ0v) is 10.5. The van der Waals surface area contributed by atoms with Crippen molar-refractivity contribution in [1.29, 1.82) is 0 Å². The first-order valence-corrected chi connectivity index (χ1v) is 6.29. The number of hydrogen-bond acceptors (Lipinski definition) is 2. The summed E-state index contributed by atoms with van der Waals surface area (Å²) in [4.78, 5) is 0. The Hall–Kier alpha value is -0.0800. The van der Waals surface area contributed by atoms with Crippen molar-refractivity contribution in [2.75, 3.05) is 6.61 Å². The molecule has 2 rings (SSSR count). The van der Waals surface area contributed by atoms with Crippen molar-refractivity contribution in [2.45, 2.75) is 59.4 Å². The molecule has 2 heteroatoms. The normalized spacial score (nSPS) is 44.0. The zero-order chi connectivity index (χ0) is 11.1. The van der Waals surface area contributed by atoms with Crippen molar-refractivity contribution in [3.8, 4) is 0 Å². The molecule has 2 nitrogen and oxygen atoms in total. The van der Waals surface area contributed by atoms with Crippen LogP contribution in [0.5, 0.6) is 0 Å². The van der Waals surface area contributed by atoms with Gasteiger partial charge in [0.2, 0.25) is 0 Å². The highest BCUT2D eigenvalue weighted by Crippen LogP contribution is 2.48. The number of rotatable bonds is 2. The van der Waals surface area contributed by atoms with Crippen molar-refractivity contribution < 1.29 is 9.47 Å². The first kappa shape index (κ1) is 11.4. The second-order valence-corrected chi connectivity index (χ2v) is 6.01. The Morgan fingerprint density at radius 2 is 2.07 bits per heavy atom. The zero-order valence-electron chi connectivity index (χ0n) is 10.5. The van der Waals surface area contributed by atoms with Crippen LogP contribution >= 0.6 is 0 Å². The van der Waals surface area contributed by atoms with E-state index in [4.69, 9.17) is 9.47 Å². The Bertz CT molecular complexity index is 225. The Morgan fingerprint density at radius 3 is 2.73 bits per heavy atom. The van der Waals surface area contributed by atoms with Gasteiger partial charge in [0.05, 0.1) is 6.10 Å². The largest absolute Gasteiger partial charge is 0.353 e. The topological polar surface area (TPSA) is 18.5 Å². The van der Waals surface area contributed by atoms with E-state index in [0.29, 0.717) is 11.5 Å². The van der Waals surface area contributed by atoms with Gasteiger partial charge in [0.1, 0.15) is 0 Å². The second-order valence-electron chi connectivity index (χ2n) is 6.01. The summed E-state index contributed by atoms with van der Waals surface area (Å²) in [7, 11) is 0. The van der Waals surface area contributed by atoms with E-state index >= 15 is 0 Å². The third kappa shape index (κ3) is 2.36. The molecular weight excluding hydrogens is 188 g/mol. The molecule has 1 saturated carbocycles. The van der Waals surface area contributed by atoms with E-state index in [2.05, 4.69) is 20.8 Å². The third-order valence-corrected chi connectivity index (χ3v) is 3.98. The van der Waals surface area contributed by atoms with Crippen LogP contribution in [-0.4, -0.2) is 19.0 Å². The highest BCUT2D eigenvalue weighted by Gasteiger charge is 2.46. The van der Waals surface area contributed by atoms with Crippen LogP contribution in [0.25, 0.3) is 0 Å². The maximum absolute atomic E-state index is 5.99. The lowest BCUT2D eigenvalue weighted by atomic mass is 9.66. The molecule has 4 atom stereocenters. The predicted molar refractivity (Wildman–Crippen MR) is 60.6 cm³/mol. The van der Waals surface area contributed by atoms with E-state index < -0.39 is 0 Å². The summed E-state index contributed by atoms with van der Waals surface area (Å²) >= 11 is 0. The highest BCUT2D eigenvalue weighted by molar-refractivity contribution is 4.93. The lowest BCUT2D eigenvalue weighted by Crippen LogP contribution is -2.36. The molecule has 0 aromatic carbocycles. The summed E-state index contributed by atoms with van der Waals surface area (Å²) in [6, 6.07) is 0. The fraction of sp³-hybridized carbons (Fsp3) is 1.00. The predicted octanol–water partition coefficient (Wildman–Crippen LogP) is 3.21. The molecule has 0 N–H and O–H groups in total. The summed E-state index contributed by atoms with van der Waals surface area (Å²) < 4.78 is 11.6. The molecule has 0 radical (unpaired) electrons. The Balaban J connectivity index is 2.00. The van der Waals surface area contributed by atoms with E-state index in [-0.39, 0.29) is 6.29 Å². The molecular formula is C13H24O2. The second kappa shape index (κ2) is 4.06. The minimum absolute atomic E-state index is 0.0707. The molecule has 0 aromatic heterocycles. The summed E-state index contributed by atoms with van der Waals surface area (Å²) in [6.07, 6.45) is 4.15. The van der Waals surface area contributed by atoms with Gasteiger partial charge in [0, 0.05) is 13.0 Å². The van der Waals surface area contributed by atoms with Gasteiger partial charge in [0.15, 0.2) is 6.29 Å². The van der Waals surface area contributed by atoms with Crippen LogP contribution in [0.4, 0.5) is 0 Å². The van der Waals surface area contributed by atoms with E-state index in [9.17, 15) is 0 Å². The van der Waals surface area contributed by atoms with Gasteiger partial charge in [-0.15, -0.1) is 0 Å². The SMILES string of the molecule is CCO[C@@H]1C[C@@H]2[C@H](C)CC(C)(C)C[C@H]2O1. The maximum atomic E-state index is 5.99. The molecule has 0 bridgehead atoms. The van der Waals surface area contributed by atoms with Crippen molar-refractivity contribution in [3.05, 3.63) is 0 Å². The van der Waals surface area contributed by atoms with Crippen molar-refractivity contribution in [3.63, 3.8) is 0 Å². The van der Waals surface area contributed by atoms with Crippen LogP contribution in [0.1, 0.15) is 47.0 Å². The molecule has 1 aliphatic heterocycles. The van der Waals surface area contributed by atoms with Gasteiger partial charge in [-0.25, -0.2) is 0 Å². The van der Waals surface area contributed by atoms with Crippen LogP contribution in [0.2, 0.25) is 0 Å². The minimum atomic E-state index is 0.0707. The highest BCUT2D eigenvalue weighted by atomic mass is 16.7. The first-order chi connectivity index (χ1) is 7.02. The average molecular weight is 212 g/mol. The van der Waals surface area contributed by atoms with Gasteiger partial charge in [-0.1, -0.05) is 20.8 Å². The van der Waals surface area contributed by atoms with Crippen LogP contribution in [0, 0.1) is 17.3 Å². The van der Waals surface area contributed by atoms with Crippen molar-refractivity contribution in [2.24, 2.45) is 17.3 Å². The molecule has 0 spiro atoms. The molecule has 0 unspecified atom stereocenters. The summed E-state index contributed by atoms with van der Waals surface area (Å²) in [5.41, 5.74) is 0.446. The minimum Gasteiger partial charge on any atom is -0.353 e. The lowest BCUT2D eigenvalue weighted by Gasteiger charge is -2.40. The van der Waals surface area contributed by atoms with E-state index in [1.165, 1.54) is 12.8 Å². The first-order valence-electron chi connectivity index (χ1n) is 6.29. The molecule has 88 valence electrons. The van der Waals surface area contributed by atoms with E-state index in [1.807, 2.05) is 6.92 Å². The van der Waals surface area contributed by atoms with E-state index in [0.717, 1.165) is 24.9 Å². The number of fused-ring (bicyclic) bond motifs is 1. The fourth-order valence-electron chi connectivity index (χ4n) is 3.47. The summed E-state index contributed by atoms with van der Waals surface area (Å²) in [5, 5.41) is 0. The summed E-state index contributed by atoms with van der Waals surface area (Å²) in [5.74, 6) is 1.51. The number of ether oxygens (including phenoxy) is 2. The van der Waals surface area contributed by atoms with Crippen LogP contribution < -0.4 is 0 Å². The van der Waals surface area contributed by atoms with Gasteiger partial charge in [0.25, 0.3) is 0 Å². The molecule has 1 heterocycles. The van der Waals surface area contributed by atoms with Crippen molar-refractivity contribution >= 4 is 0 Å². The summed E-state index contributed by atoms with van der Waals surface area (Å²) in [6.45, 7) is 9.89. The molecule has 15 heavy (non-hydrogen) atoms. The molecule has 2 aliphatic rings. The van der Waals surface area contributed by atoms with Gasteiger partial charge in [-0.2, -0.15) is 0 Å². The van der Waals surface area contributed by atoms with Gasteiger partial charge in [-0.05, 0) is 37.0 Å². The Labute approximate surface area is 93.3 Å². The van der Waals surface area contributed by atoms with Crippen LogP contribution in [-0.2, 0) is 9.47 Å². The van der Waals surface area contributed by atoms with Gasteiger partial charge < -0.3 is 9.47 Å². The fourth-order valence-corrected chi connectivity index (χ4v) is 3.47. The lowest BCUT2D eigenvalue weighted by molar-refractivity contribution is -0.141. The number of hydrogen-bond donors (Lipinski definition) is 0. The Morgan fingerprint density at radius 1 is 1.33 bits per heavy atom. The smallest absolute Gasteiger partial charge is 0.158 e. The van der Waals surface area contributed by atoms with Gasteiger partial charge >= 0.3 is 0 Å². The molecule has 0 aromatic rings. The van der Waals surface area contributed by atoms with Crippen LogP contribution in [0.15, 0.2) is 0 Å². The monoisotopic (exact) mass is 212 g/mol. The maximum Gasteiger partial charge on any atom is 0.158 e.